The van der Waals surface area contributed by atoms with Crippen molar-refractivity contribution in [1.29, 1.82) is 0 Å². The van der Waals surface area contributed by atoms with Gasteiger partial charge >= 0.3 is 0 Å². The smallest absolute Gasteiger partial charge is 0.0320 e. The van der Waals surface area contributed by atoms with Crippen LogP contribution in [0.1, 0.15) is 29.2 Å². The minimum absolute atomic E-state index is 0.409. The lowest BCUT2D eigenvalue weighted by molar-refractivity contribution is 0.549. The number of rotatable bonds is 5. The molecule has 0 radical (unpaired) electrons. The predicted molar refractivity (Wildman–Crippen MR) is 85.4 cm³/mol. The van der Waals surface area contributed by atoms with Gasteiger partial charge in [0.2, 0.25) is 0 Å². The van der Waals surface area contributed by atoms with E-state index < -0.39 is 0 Å². The standard InChI is InChI=1S/C17H20BrN/c1-13-12-15(9-10-16(13)18)17(19-2)11-8-14-6-4-3-5-7-14/h3-7,9-10,12,17,19H,8,11H2,1-2H3. The van der Waals surface area contributed by atoms with Gasteiger partial charge in [0, 0.05) is 10.5 Å². The quantitative estimate of drug-likeness (QED) is 0.846. The van der Waals surface area contributed by atoms with Gasteiger partial charge in [-0.25, -0.2) is 0 Å². The maximum absolute atomic E-state index is 3.56. The topological polar surface area (TPSA) is 12.0 Å². The molecule has 0 saturated heterocycles. The van der Waals surface area contributed by atoms with Crippen LogP contribution in [0.15, 0.2) is 53.0 Å². The molecule has 1 N–H and O–H groups in total. The Kier molecular flexibility index (Phi) is 5.17. The lowest BCUT2D eigenvalue weighted by atomic mass is 9.98. The van der Waals surface area contributed by atoms with Crippen LogP contribution in [0.25, 0.3) is 0 Å². The molecule has 2 aromatic rings. The molecule has 0 aliphatic carbocycles. The molecule has 0 saturated carbocycles. The first-order chi connectivity index (χ1) is 9.20. The van der Waals surface area contributed by atoms with Crippen LogP contribution >= 0.6 is 15.9 Å². The van der Waals surface area contributed by atoms with Crippen molar-refractivity contribution in [2.24, 2.45) is 0 Å². The van der Waals surface area contributed by atoms with E-state index in [0.717, 1.165) is 12.8 Å². The van der Waals surface area contributed by atoms with Crippen LogP contribution in [0, 0.1) is 6.92 Å². The highest BCUT2D eigenvalue weighted by Gasteiger charge is 2.10. The monoisotopic (exact) mass is 317 g/mol. The summed E-state index contributed by atoms with van der Waals surface area (Å²) >= 11 is 3.56. The normalized spacial score (nSPS) is 12.4. The highest BCUT2D eigenvalue weighted by Crippen LogP contribution is 2.24. The Morgan fingerprint density at radius 2 is 1.84 bits per heavy atom. The molecule has 19 heavy (non-hydrogen) atoms. The van der Waals surface area contributed by atoms with Crippen molar-refractivity contribution in [2.75, 3.05) is 7.05 Å². The van der Waals surface area contributed by atoms with E-state index in [0.29, 0.717) is 6.04 Å². The molecule has 1 atom stereocenters. The molecule has 0 fully saturated rings. The molecule has 2 rings (SSSR count). The van der Waals surface area contributed by atoms with Crippen LogP contribution < -0.4 is 5.32 Å². The maximum atomic E-state index is 3.56. The highest BCUT2D eigenvalue weighted by atomic mass is 79.9. The molecule has 2 aromatic carbocycles. The summed E-state index contributed by atoms with van der Waals surface area (Å²) in [6, 6.07) is 17.7. The third kappa shape index (κ3) is 3.92. The van der Waals surface area contributed by atoms with Crippen LogP contribution in [0.3, 0.4) is 0 Å². The summed E-state index contributed by atoms with van der Waals surface area (Å²) in [6.07, 6.45) is 2.21. The van der Waals surface area contributed by atoms with E-state index in [2.05, 4.69) is 76.7 Å². The third-order valence-corrected chi connectivity index (χ3v) is 4.39. The first-order valence-electron chi connectivity index (χ1n) is 6.68. The SMILES string of the molecule is CNC(CCc1ccccc1)c1ccc(Br)c(C)c1. The molecule has 1 nitrogen and oxygen atoms in total. The Bertz CT molecular complexity index is 522. The maximum Gasteiger partial charge on any atom is 0.0320 e. The molecule has 0 bridgehead atoms. The minimum Gasteiger partial charge on any atom is -0.313 e. The molecule has 0 amide bonds. The lowest BCUT2D eigenvalue weighted by Gasteiger charge is -2.17. The van der Waals surface area contributed by atoms with E-state index in [-0.39, 0.29) is 0 Å². The molecular weight excluding hydrogens is 298 g/mol. The van der Waals surface area contributed by atoms with Crippen LogP contribution in [0.2, 0.25) is 0 Å². The second-order valence-corrected chi connectivity index (χ2v) is 5.73. The van der Waals surface area contributed by atoms with Gasteiger partial charge in [-0.3, -0.25) is 0 Å². The van der Waals surface area contributed by atoms with Gasteiger partial charge in [0.1, 0.15) is 0 Å². The van der Waals surface area contributed by atoms with E-state index in [4.69, 9.17) is 0 Å². The Morgan fingerprint density at radius 1 is 1.11 bits per heavy atom. The van der Waals surface area contributed by atoms with Gasteiger partial charge in [0.05, 0.1) is 0 Å². The van der Waals surface area contributed by atoms with Crippen molar-refractivity contribution < 1.29 is 0 Å². The Hall–Kier alpha value is -1.12. The third-order valence-electron chi connectivity index (χ3n) is 3.50. The number of benzene rings is 2. The van der Waals surface area contributed by atoms with Gasteiger partial charge in [0.15, 0.2) is 0 Å². The summed E-state index contributed by atoms with van der Waals surface area (Å²) < 4.78 is 1.18. The van der Waals surface area contributed by atoms with Crippen molar-refractivity contribution in [2.45, 2.75) is 25.8 Å². The van der Waals surface area contributed by atoms with Gasteiger partial charge in [-0.2, -0.15) is 0 Å². The molecule has 100 valence electrons. The zero-order chi connectivity index (χ0) is 13.7. The van der Waals surface area contributed by atoms with Crippen LogP contribution in [-0.4, -0.2) is 7.05 Å². The lowest BCUT2D eigenvalue weighted by Crippen LogP contribution is -2.17. The van der Waals surface area contributed by atoms with Gasteiger partial charge < -0.3 is 5.32 Å². The molecule has 0 aromatic heterocycles. The average molecular weight is 318 g/mol. The Morgan fingerprint density at radius 3 is 2.47 bits per heavy atom. The fourth-order valence-electron chi connectivity index (χ4n) is 2.32. The predicted octanol–water partition coefficient (Wildman–Crippen LogP) is 4.65. The minimum atomic E-state index is 0.409. The molecule has 0 aliphatic rings. The summed E-state index contributed by atoms with van der Waals surface area (Å²) in [4.78, 5) is 0. The zero-order valence-corrected chi connectivity index (χ0v) is 13.1. The van der Waals surface area contributed by atoms with E-state index in [1.54, 1.807) is 0 Å². The van der Waals surface area contributed by atoms with E-state index >= 15 is 0 Å². The molecule has 0 aliphatic heterocycles. The van der Waals surface area contributed by atoms with Crippen molar-refractivity contribution in [3.63, 3.8) is 0 Å². The number of hydrogen-bond acceptors (Lipinski definition) is 1. The molecule has 1 unspecified atom stereocenters. The van der Waals surface area contributed by atoms with E-state index in [1.807, 2.05) is 7.05 Å². The van der Waals surface area contributed by atoms with Crippen molar-refractivity contribution in [3.8, 4) is 0 Å². The summed E-state index contributed by atoms with van der Waals surface area (Å²) in [5, 5.41) is 3.42. The Labute approximate surface area is 124 Å². The van der Waals surface area contributed by atoms with Crippen LogP contribution in [-0.2, 0) is 6.42 Å². The highest BCUT2D eigenvalue weighted by molar-refractivity contribution is 9.10. The first kappa shape index (κ1) is 14.3. The largest absolute Gasteiger partial charge is 0.313 e. The average Bonchev–Trinajstić information content (AvgIpc) is 2.44. The molecular formula is C17H20BrN. The van der Waals surface area contributed by atoms with Crippen molar-refractivity contribution in [3.05, 3.63) is 69.7 Å². The van der Waals surface area contributed by atoms with Crippen molar-refractivity contribution in [1.82, 2.24) is 5.32 Å². The summed E-state index contributed by atoms with van der Waals surface area (Å²) in [5.74, 6) is 0. The molecule has 0 heterocycles. The van der Waals surface area contributed by atoms with Crippen LogP contribution in [0.4, 0.5) is 0 Å². The van der Waals surface area contributed by atoms with Gasteiger partial charge in [0.25, 0.3) is 0 Å². The fraction of sp³-hybridized carbons (Fsp3) is 0.294. The summed E-state index contributed by atoms with van der Waals surface area (Å²) in [7, 11) is 2.03. The van der Waals surface area contributed by atoms with E-state index in [9.17, 15) is 0 Å². The molecule has 0 spiro atoms. The van der Waals surface area contributed by atoms with Gasteiger partial charge in [-0.05, 0) is 49.6 Å². The second-order valence-electron chi connectivity index (χ2n) is 4.87. The van der Waals surface area contributed by atoms with Gasteiger partial charge in [-0.15, -0.1) is 0 Å². The molecule has 2 heteroatoms. The Balaban J connectivity index is 2.05. The van der Waals surface area contributed by atoms with Crippen molar-refractivity contribution >= 4 is 15.9 Å². The summed E-state index contributed by atoms with van der Waals surface area (Å²) in [6.45, 7) is 2.14. The summed E-state index contributed by atoms with van der Waals surface area (Å²) in [5.41, 5.74) is 4.05. The second kappa shape index (κ2) is 6.88. The first-order valence-corrected chi connectivity index (χ1v) is 7.47. The zero-order valence-electron chi connectivity index (χ0n) is 11.5. The van der Waals surface area contributed by atoms with Crippen LogP contribution in [0.5, 0.6) is 0 Å². The van der Waals surface area contributed by atoms with E-state index in [1.165, 1.54) is 21.2 Å². The van der Waals surface area contributed by atoms with Gasteiger partial charge in [-0.1, -0.05) is 58.4 Å². The fourth-order valence-corrected chi connectivity index (χ4v) is 2.56. The number of hydrogen-bond donors (Lipinski definition) is 1. The number of aryl methyl sites for hydroxylation is 2. The number of nitrogens with one attached hydrogen (secondary N) is 1. The number of halogens is 1.